The number of ketones is 1. The van der Waals surface area contributed by atoms with Gasteiger partial charge in [-0.1, -0.05) is 72.4 Å². The first-order valence-electron chi connectivity index (χ1n) is 9.99. The van der Waals surface area contributed by atoms with E-state index in [1.165, 1.54) is 18.7 Å². The molecule has 6 nitrogen and oxygen atoms in total. The molecule has 0 fully saturated rings. The van der Waals surface area contributed by atoms with Crippen molar-refractivity contribution < 1.29 is 9.59 Å². The van der Waals surface area contributed by atoms with E-state index in [0.717, 1.165) is 16.8 Å². The van der Waals surface area contributed by atoms with Crippen LogP contribution < -0.4 is 5.32 Å². The highest BCUT2D eigenvalue weighted by Crippen LogP contribution is 2.29. The van der Waals surface area contributed by atoms with Crippen LogP contribution in [0.2, 0.25) is 0 Å². The first-order valence-corrected chi connectivity index (χ1v) is 11.0. The van der Waals surface area contributed by atoms with Gasteiger partial charge in [-0.05, 0) is 31.2 Å². The summed E-state index contributed by atoms with van der Waals surface area (Å²) in [6.07, 6.45) is 0. The van der Waals surface area contributed by atoms with Crippen molar-refractivity contribution in [1.82, 2.24) is 15.2 Å². The van der Waals surface area contributed by atoms with E-state index in [1.807, 2.05) is 60.7 Å². The van der Waals surface area contributed by atoms with E-state index >= 15 is 0 Å². The van der Waals surface area contributed by atoms with Crippen molar-refractivity contribution in [1.29, 1.82) is 0 Å². The van der Waals surface area contributed by atoms with Gasteiger partial charge in [-0.15, -0.1) is 10.2 Å². The van der Waals surface area contributed by atoms with Crippen molar-refractivity contribution in [3.63, 3.8) is 0 Å². The van der Waals surface area contributed by atoms with Gasteiger partial charge in [-0.3, -0.25) is 9.59 Å². The highest BCUT2D eigenvalue weighted by molar-refractivity contribution is 7.99. The van der Waals surface area contributed by atoms with Crippen molar-refractivity contribution in [3.8, 4) is 22.5 Å². The summed E-state index contributed by atoms with van der Waals surface area (Å²) in [4.78, 5) is 28.4. The Balaban J connectivity index is 1.50. The molecule has 1 heterocycles. The van der Waals surface area contributed by atoms with Gasteiger partial charge in [0.05, 0.1) is 5.75 Å². The molecule has 1 aromatic heterocycles. The van der Waals surface area contributed by atoms with Crippen LogP contribution in [0.3, 0.4) is 0 Å². The van der Waals surface area contributed by atoms with Gasteiger partial charge in [0, 0.05) is 22.4 Å². The van der Waals surface area contributed by atoms with E-state index in [9.17, 15) is 9.59 Å². The molecular formula is C25H20N4O2S. The topological polar surface area (TPSA) is 84.8 Å². The molecule has 0 spiro atoms. The van der Waals surface area contributed by atoms with E-state index < -0.39 is 0 Å². The molecule has 0 atom stereocenters. The smallest absolute Gasteiger partial charge is 0.234 e. The number of benzene rings is 3. The lowest BCUT2D eigenvalue weighted by Crippen LogP contribution is -2.14. The van der Waals surface area contributed by atoms with Crippen molar-refractivity contribution in [2.24, 2.45) is 0 Å². The van der Waals surface area contributed by atoms with Crippen molar-refractivity contribution in [2.75, 3.05) is 11.1 Å². The van der Waals surface area contributed by atoms with Crippen LogP contribution in [0.5, 0.6) is 0 Å². The lowest BCUT2D eigenvalue weighted by molar-refractivity contribution is -0.113. The lowest BCUT2D eigenvalue weighted by Gasteiger charge is -2.09. The minimum atomic E-state index is -0.192. The van der Waals surface area contributed by atoms with Crippen LogP contribution in [0.4, 0.5) is 5.69 Å². The third kappa shape index (κ3) is 5.25. The number of thioether (sulfide) groups is 1. The summed E-state index contributed by atoms with van der Waals surface area (Å²) in [5.74, 6) is -0.0754. The standard InChI is InChI=1S/C25H20N4O2S/c1-17(30)18-12-14-21(15-13-18)26-22(31)16-32-25-27-23(19-8-4-2-5-9-19)24(28-29-25)20-10-6-3-7-11-20/h2-15H,16H2,1H3,(H,26,31). The van der Waals surface area contributed by atoms with Gasteiger partial charge in [0.25, 0.3) is 0 Å². The summed E-state index contributed by atoms with van der Waals surface area (Å²) < 4.78 is 0. The second kappa shape index (κ2) is 9.98. The number of hydrogen-bond donors (Lipinski definition) is 1. The number of nitrogens with zero attached hydrogens (tertiary/aromatic N) is 3. The monoisotopic (exact) mass is 440 g/mol. The highest BCUT2D eigenvalue weighted by Gasteiger charge is 2.14. The van der Waals surface area contributed by atoms with Crippen LogP contribution in [0.1, 0.15) is 17.3 Å². The van der Waals surface area contributed by atoms with Crippen molar-refractivity contribution in [3.05, 3.63) is 90.5 Å². The van der Waals surface area contributed by atoms with Gasteiger partial charge in [-0.25, -0.2) is 4.98 Å². The Bertz CT molecular complexity index is 1230. The van der Waals surface area contributed by atoms with Crippen LogP contribution in [0, 0.1) is 0 Å². The summed E-state index contributed by atoms with van der Waals surface area (Å²) in [5, 5.41) is 11.9. The van der Waals surface area contributed by atoms with E-state index in [2.05, 4.69) is 15.5 Å². The van der Waals surface area contributed by atoms with Gasteiger partial charge < -0.3 is 5.32 Å². The lowest BCUT2D eigenvalue weighted by atomic mass is 10.0. The SMILES string of the molecule is CC(=O)c1ccc(NC(=O)CSc2nnc(-c3ccccc3)c(-c3ccccc3)n2)cc1. The number of anilines is 1. The minimum Gasteiger partial charge on any atom is -0.325 e. The molecule has 32 heavy (non-hydrogen) atoms. The molecule has 0 bridgehead atoms. The van der Waals surface area contributed by atoms with E-state index in [4.69, 9.17) is 4.98 Å². The van der Waals surface area contributed by atoms with Crippen LogP contribution in [-0.4, -0.2) is 32.6 Å². The Hall–Kier alpha value is -3.84. The van der Waals surface area contributed by atoms with Gasteiger partial charge in [0.1, 0.15) is 11.4 Å². The molecule has 0 saturated carbocycles. The first-order chi connectivity index (χ1) is 15.6. The molecule has 0 aliphatic rings. The van der Waals surface area contributed by atoms with E-state index in [1.54, 1.807) is 24.3 Å². The van der Waals surface area contributed by atoms with Gasteiger partial charge >= 0.3 is 0 Å². The number of amides is 1. The molecule has 0 saturated heterocycles. The Morgan fingerprint density at radius 3 is 1.97 bits per heavy atom. The number of carbonyl (C=O) groups excluding carboxylic acids is 2. The molecule has 0 aliphatic heterocycles. The zero-order valence-corrected chi connectivity index (χ0v) is 18.2. The maximum Gasteiger partial charge on any atom is 0.234 e. The maximum atomic E-state index is 12.4. The third-order valence-electron chi connectivity index (χ3n) is 4.67. The number of rotatable bonds is 7. The Morgan fingerprint density at radius 2 is 1.38 bits per heavy atom. The molecule has 3 aromatic carbocycles. The van der Waals surface area contributed by atoms with Gasteiger partial charge in [0.2, 0.25) is 11.1 Å². The molecule has 0 aliphatic carbocycles. The number of nitrogens with one attached hydrogen (secondary N) is 1. The fraction of sp³-hybridized carbons (Fsp3) is 0.0800. The molecule has 0 radical (unpaired) electrons. The maximum absolute atomic E-state index is 12.4. The van der Waals surface area contributed by atoms with Gasteiger partial charge in [-0.2, -0.15) is 0 Å². The van der Waals surface area contributed by atoms with Crippen LogP contribution in [0.15, 0.2) is 90.1 Å². The average Bonchev–Trinajstić information content (AvgIpc) is 2.84. The average molecular weight is 441 g/mol. The largest absolute Gasteiger partial charge is 0.325 e. The summed E-state index contributed by atoms with van der Waals surface area (Å²) in [6.45, 7) is 1.50. The molecule has 4 aromatic rings. The fourth-order valence-electron chi connectivity index (χ4n) is 3.08. The van der Waals surface area contributed by atoms with E-state index in [-0.39, 0.29) is 17.4 Å². The number of Topliss-reactive ketones (excluding diaryl/α,β-unsaturated/α-hetero) is 1. The van der Waals surface area contributed by atoms with Crippen LogP contribution in [0.25, 0.3) is 22.5 Å². The predicted octanol–water partition coefficient (Wildman–Crippen LogP) is 5.14. The molecule has 0 unspecified atom stereocenters. The third-order valence-corrected chi connectivity index (χ3v) is 5.51. The normalized spacial score (nSPS) is 10.5. The van der Waals surface area contributed by atoms with E-state index in [0.29, 0.717) is 22.1 Å². The molecular weight excluding hydrogens is 420 g/mol. The predicted molar refractivity (Wildman–Crippen MR) is 126 cm³/mol. The Labute approximate surface area is 190 Å². The Morgan fingerprint density at radius 1 is 0.781 bits per heavy atom. The molecule has 158 valence electrons. The zero-order valence-electron chi connectivity index (χ0n) is 17.4. The number of aromatic nitrogens is 3. The second-order valence-electron chi connectivity index (χ2n) is 6.99. The van der Waals surface area contributed by atoms with Crippen molar-refractivity contribution >= 4 is 29.1 Å². The highest BCUT2D eigenvalue weighted by atomic mass is 32.2. The minimum absolute atomic E-state index is 0.0174. The number of carbonyl (C=O) groups is 2. The van der Waals surface area contributed by atoms with Crippen LogP contribution in [-0.2, 0) is 4.79 Å². The molecule has 1 N–H and O–H groups in total. The summed E-state index contributed by atoms with van der Waals surface area (Å²) in [6, 6.07) is 26.4. The molecule has 1 amide bonds. The van der Waals surface area contributed by atoms with Crippen LogP contribution >= 0.6 is 11.8 Å². The first kappa shape index (κ1) is 21.4. The fourth-order valence-corrected chi connectivity index (χ4v) is 3.66. The Kier molecular flexibility index (Phi) is 6.67. The second-order valence-corrected chi connectivity index (χ2v) is 7.94. The summed E-state index contributed by atoms with van der Waals surface area (Å²) in [5.41, 5.74) is 4.49. The van der Waals surface area contributed by atoms with Crippen molar-refractivity contribution in [2.45, 2.75) is 12.1 Å². The summed E-state index contributed by atoms with van der Waals surface area (Å²) in [7, 11) is 0. The van der Waals surface area contributed by atoms with Gasteiger partial charge in [0.15, 0.2) is 5.78 Å². The molecule has 7 heteroatoms. The molecule has 4 rings (SSSR count). The number of hydrogen-bond acceptors (Lipinski definition) is 6. The zero-order chi connectivity index (χ0) is 22.3. The quantitative estimate of drug-likeness (QED) is 0.316. The summed E-state index contributed by atoms with van der Waals surface area (Å²) >= 11 is 1.22.